The lowest BCUT2D eigenvalue weighted by Crippen LogP contribution is -2.33. The SMILES string of the molecule is Cc1cn(CC(C)O)c(=O)[nH]c1=O. The summed E-state index contributed by atoms with van der Waals surface area (Å²) < 4.78 is 1.28. The van der Waals surface area contributed by atoms with Gasteiger partial charge in [0.25, 0.3) is 5.56 Å². The first kappa shape index (κ1) is 9.73. The smallest absolute Gasteiger partial charge is 0.328 e. The first-order valence-electron chi connectivity index (χ1n) is 3.99. The summed E-state index contributed by atoms with van der Waals surface area (Å²) in [5.74, 6) is 0. The highest BCUT2D eigenvalue weighted by atomic mass is 16.3. The maximum atomic E-state index is 11.1. The second-order valence-corrected chi connectivity index (χ2v) is 3.07. The molecule has 0 saturated carbocycles. The summed E-state index contributed by atoms with van der Waals surface area (Å²) in [6.07, 6.45) is 0.830. The summed E-state index contributed by atoms with van der Waals surface area (Å²) in [4.78, 5) is 24.2. The summed E-state index contributed by atoms with van der Waals surface area (Å²) in [5, 5.41) is 9.04. The predicted molar refractivity (Wildman–Crippen MR) is 47.7 cm³/mol. The minimum Gasteiger partial charge on any atom is -0.392 e. The molecule has 1 aromatic rings. The molecular formula is C8H12N2O3. The molecule has 0 aliphatic rings. The average Bonchev–Trinajstić information content (AvgIpc) is 1.99. The van der Waals surface area contributed by atoms with Gasteiger partial charge in [0.1, 0.15) is 0 Å². The summed E-state index contributed by atoms with van der Waals surface area (Å²) in [7, 11) is 0. The molecule has 0 aliphatic heterocycles. The van der Waals surface area contributed by atoms with Crippen LogP contribution in [0, 0.1) is 6.92 Å². The molecule has 2 N–H and O–H groups in total. The van der Waals surface area contributed by atoms with Crippen LogP contribution in [0.25, 0.3) is 0 Å². The third-order valence-electron chi connectivity index (χ3n) is 1.65. The lowest BCUT2D eigenvalue weighted by Gasteiger charge is -2.07. The first-order chi connectivity index (χ1) is 6.00. The second-order valence-electron chi connectivity index (χ2n) is 3.07. The van der Waals surface area contributed by atoms with Gasteiger partial charge < -0.3 is 5.11 Å². The van der Waals surface area contributed by atoms with Crippen molar-refractivity contribution in [3.63, 3.8) is 0 Å². The number of H-pyrrole nitrogens is 1. The van der Waals surface area contributed by atoms with E-state index in [0.29, 0.717) is 5.56 Å². The van der Waals surface area contributed by atoms with Crippen molar-refractivity contribution in [1.29, 1.82) is 0 Å². The van der Waals surface area contributed by atoms with E-state index in [1.54, 1.807) is 13.8 Å². The fourth-order valence-corrected chi connectivity index (χ4v) is 1.04. The minimum atomic E-state index is -0.608. The Hall–Kier alpha value is -1.36. The van der Waals surface area contributed by atoms with Crippen molar-refractivity contribution >= 4 is 0 Å². The van der Waals surface area contributed by atoms with E-state index in [2.05, 4.69) is 4.98 Å². The van der Waals surface area contributed by atoms with Crippen LogP contribution in [0.1, 0.15) is 12.5 Å². The normalized spacial score (nSPS) is 12.8. The summed E-state index contributed by atoms with van der Waals surface area (Å²) in [5.41, 5.74) is -0.413. The molecular weight excluding hydrogens is 172 g/mol. The van der Waals surface area contributed by atoms with E-state index in [1.807, 2.05) is 0 Å². The number of hydrogen-bond acceptors (Lipinski definition) is 3. The molecule has 0 bridgehead atoms. The molecule has 5 heteroatoms. The maximum absolute atomic E-state index is 11.1. The number of aliphatic hydroxyl groups excluding tert-OH is 1. The number of rotatable bonds is 2. The highest BCUT2D eigenvalue weighted by molar-refractivity contribution is 5.00. The van der Waals surface area contributed by atoms with E-state index in [9.17, 15) is 9.59 Å². The van der Waals surface area contributed by atoms with Crippen molar-refractivity contribution in [3.8, 4) is 0 Å². The molecule has 0 aliphatic carbocycles. The first-order valence-corrected chi connectivity index (χ1v) is 3.99. The van der Waals surface area contributed by atoms with Crippen LogP contribution in [0.15, 0.2) is 15.8 Å². The van der Waals surface area contributed by atoms with Crippen LogP contribution < -0.4 is 11.2 Å². The van der Waals surface area contributed by atoms with Crippen molar-refractivity contribution in [1.82, 2.24) is 9.55 Å². The summed E-state index contributed by atoms with van der Waals surface area (Å²) in [6, 6.07) is 0. The molecule has 1 aromatic heterocycles. The van der Waals surface area contributed by atoms with Gasteiger partial charge in [-0.2, -0.15) is 0 Å². The molecule has 0 fully saturated rings. The molecule has 0 aromatic carbocycles. The highest BCUT2D eigenvalue weighted by Gasteiger charge is 2.02. The van der Waals surface area contributed by atoms with Gasteiger partial charge in [0.2, 0.25) is 0 Å². The van der Waals surface area contributed by atoms with Crippen LogP contribution >= 0.6 is 0 Å². The Balaban J connectivity index is 3.17. The standard InChI is InChI=1S/C8H12N2O3/c1-5-3-10(4-6(2)11)8(13)9-7(5)12/h3,6,11H,4H2,1-2H3,(H,9,12,13). The zero-order valence-corrected chi connectivity index (χ0v) is 7.57. The van der Waals surface area contributed by atoms with Crippen molar-refractivity contribution in [2.24, 2.45) is 0 Å². The van der Waals surface area contributed by atoms with Crippen molar-refractivity contribution < 1.29 is 5.11 Å². The van der Waals surface area contributed by atoms with Gasteiger partial charge in [-0.3, -0.25) is 14.3 Å². The molecule has 0 spiro atoms. The lowest BCUT2D eigenvalue weighted by atomic mass is 10.3. The Kier molecular flexibility index (Phi) is 2.67. The van der Waals surface area contributed by atoms with E-state index in [0.717, 1.165) is 0 Å². The van der Waals surface area contributed by atoms with Gasteiger partial charge in [0, 0.05) is 11.8 Å². The number of aromatic amines is 1. The van der Waals surface area contributed by atoms with Gasteiger partial charge >= 0.3 is 5.69 Å². The topological polar surface area (TPSA) is 75.1 Å². The number of aryl methyl sites for hydroxylation is 1. The molecule has 13 heavy (non-hydrogen) atoms. The van der Waals surface area contributed by atoms with Crippen LogP contribution in [0.4, 0.5) is 0 Å². The molecule has 1 heterocycles. The number of aliphatic hydroxyl groups is 1. The molecule has 0 amide bonds. The Morgan fingerprint density at radius 3 is 2.77 bits per heavy atom. The van der Waals surface area contributed by atoms with E-state index >= 15 is 0 Å². The highest BCUT2D eigenvalue weighted by Crippen LogP contribution is 1.88. The quantitative estimate of drug-likeness (QED) is 0.633. The van der Waals surface area contributed by atoms with Gasteiger partial charge in [-0.1, -0.05) is 0 Å². The maximum Gasteiger partial charge on any atom is 0.328 e. The van der Waals surface area contributed by atoms with Crippen LogP contribution in [0.3, 0.4) is 0 Å². The van der Waals surface area contributed by atoms with Gasteiger partial charge in [0.05, 0.1) is 12.6 Å². The zero-order valence-electron chi connectivity index (χ0n) is 7.57. The molecule has 0 radical (unpaired) electrons. The van der Waals surface area contributed by atoms with E-state index in [4.69, 9.17) is 5.11 Å². The third kappa shape index (κ3) is 2.29. The Bertz CT molecular complexity index is 403. The molecule has 0 saturated heterocycles. The second kappa shape index (κ2) is 3.57. The number of hydrogen-bond donors (Lipinski definition) is 2. The molecule has 1 unspecified atom stereocenters. The lowest BCUT2D eigenvalue weighted by molar-refractivity contribution is 0.171. The van der Waals surface area contributed by atoms with Crippen molar-refractivity contribution in [2.45, 2.75) is 26.5 Å². The Morgan fingerprint density at radius 1 is 1.62 bits per heavy atom. The number of nitrogens with zero attached hydrogens (tertiary/aromatic N) is 1. The summed E-state index contributed by atoms with van der Waals surface area (Å²) >= 11 is 0. The molecule has 1 rings (SSSR count). The average molecular weight is 184 g/mol. The number of nitrogens with one attached hydrogen (secondary N) is 1. The largest absolute Gasteiger partial charge is 0.392 e. The van der Waals surface area contributed by atoms with Gasteiger partial charge in [-0.25, -0.2) is 4.79 Å². The molecule has 1 atom stereocenters. The fourth-order valence-electron chi connectivity index (χ4n) is 1.04. The van der Waals surface area contributed by atoms with Crippen LogP contribution in [0.5, 0.6) is 0 Å². The van der Waals surface area contributed by atoms with Gasteiger partial charge in [0.15, 0.2) is 0 Å². The van der Waals surface area contributed by atoms with Gasteiger partial charge in [-0.15, -0.1) is 0 Å². The molecule has 5 nitrogen and oxygen atoms in total. The van der Waals surface area contributed by atoms with Crippen LogP contribution in [-0.2, 0) is 6.54 Å². The van der Waals surface area contributed by atoms with E-state index in [-0.39, 0.29) is 12.1 Å². The van der Waals surface area contributed by atoms with Crippen LogP contribution in [-0.4, -0.2) is 20.8 Å². The Labute approximate surface area is 74.7 Å². The predicted octanol–water partition coefficient (Wildman–Crippen LogP) is -0.774. The van der Waals surface area contributed by atoms with Crippen molar-refractivity contribution in [3.05, 3.63) is 32.6 Å². The van der Waals surface area contributed by atoms with Crippen molar-refractivity contribution in [2.75, 3.05) is 0 Å². The third-order valence-corrected chi connectivity index (χ3v) is 1.65. The van der Waals surface area contributed by atoms with Crippen LogP contribution in [0.2, 0.25) is 0 Å². The molecule has 72 valence electrons. The van der Waals surface area contributed by atoms with E-state index < -0.39 is 11.8 Å². The monoisotopic (exact) mass is 184 g/mol. The zero-order chi connectivity index (χ0) is 10.0. The van der Waals surface area contributed by atoms with E-state index in [1.165, 1.54) is 10.8 Å². The minimum absolute atomic E-state index is 0.191. The summed E-state index contributed by atoms with van der Waals surface area (Å²) in [6.45, 7) is 3.38. The number of aromatic nitrogens is 2. The fraction of sp³-hybridized carbons (Fsp3) is 0.500. The Morgan fingerprint density at radius 2 is 2.23 bits per heavy atom. The van der Waals surface area contributed by atoms with Gasteiger partial charge in [-0.05, 0) is 13.8 Å².